The molecular weight excluding hydrogens is 300 g/mol. The van der Waals surface area contributed by atoms with Crippen LogP contribution in [0.2, 0.25) is 0 Å². The van der Waals surface area contributed by atoms with Crippen molar-refractivity contribution in [2.24, 2.45) is 5.92 Å². The molecule has 0 saturated carbocycles. The SMILES string of the molecule is C[C@H]1C[C@@H](C(=O)NCc2ccccc2Oc2ccccc2)CCN1. The van der Waals surface area contributed by atoms with Gasteiger partial charge >= 0.3 is 0 Å². The molecule has 2 aromatic carbocycles. The first kappa shape index (κ1) is 16.5. The molecule has 0 unspecified atom stereocenters. The molecular formula is C20H24N2O2. The van der Waals surface area contributed by atoms with Gasteiger partial charge in [0.15, 0.2) is 0 Å². The van der Waals surface area contributed by atoms with Crippen molar-refractivity contribution in [3.05, 3.63) is 60.2 Å². The van der Waals surface area contributed by atoms with Crippen LogP contribution in [0.3, 0.4) is 0 Å². The quantitative estimate of drug-likeness (QED) is 0.885. The van der Waals surface area contributed by atoms with Gasteiger partial charge in [0, 0.05) is 24.1 Å². The Morgan fingerprint density at radius 2 is 1.92 bits per heavy atom. The highest BCUT2D eigenvalue weighted by atomic mass is 16.5. The zero-order valence-electron chi connectivity index (χ0n) is 14.0. The molecule has 0 aliphatic carbocycles. The molecule has 1 heterocycles. The van der Waals surface area contributed by atoms with Gasteiger partial charge in [-0.05, 0) is 44.5 Å². The number of para-hydroxylation sites is 2. The second-order valence-electron chi connectivity index (χ2n) is 6.32. The van der Waals surface area contributed by atoms with Gasteiger partial charge in [0.25, 0.3) is 0 Å². The number of piperidine rings is 1. The van der Waals surface area contributed by atoms with Crippen molar-refractivity contribution in [3.63, 3.8) is 0 Å². The zero-order chi connectivity index (χ0) is 16.8. The molecule has 2 atom stereocenters. The van der Waals surface area contributed by atoms with Crippen molar-refractivity contribution in [1.82, 2.24) is 10.6 Å². The van der Waals surface area contributed by atoms with Crippen LogP contribution in [0.5, 0.6) is 11.5 Å². The van der Waals surface area contributed by atoms with Crippen LogP contribution in [0.1, 0.15) is 25.3 Å². The highest BCUT2D eigenvalue weighted by molar-refractivity contribution is 5.78. The summed E-state index contributed by atoms with van der Waals surface area (Å²) in [4.78, 5) is 12.4. The van der Waals surface area contributed by atoms with E-state index in [2.05, 4.69) is 17.6 Å². The Morgan fingerprint density at radius 1 is 1.17 bits per heavy atom. The minimum absolute atomic E-state index is 0.100. The fourth-order valence-corrected chi connectivity index (χ4v) is 3.06. The molecule has 3 rings (SSSR count). The van der Waals surface area contributed by atoms with E-state index in [1.807, 2.05) is 54.6 Å². The Hall–Kier alpha value is -2.33. The summed E-state index contributed by atoms with van der Waals surface area (Å²) in [6, 6.07) is 17.9. The molecule has 0 spiro atoms. The Labute approximate surface area is 143 Å². The van der Waals surface area contributed by atoms with Crippen LogP contribution in [-0.2, 0) is 11.3 Å². The molecule has 0 bridgehead atoms. The average Bonchev–Trinajstić information content (AvgIpc) is 2.61. The van der Waals surface area contributed by atoms with E-state index in [1.165, 1.54) is 0 Å². The molecule has 24 heavy (non-hydrogen) atoms. The maximum Gasteiger partial charge on any atom is 0.223 e. The number of benzene rings is 2. The number of amides is 1. The third kappa shape index (κ3) is 4.36. The topological polar surface area (TPSA) is 50.4 Å². The van der Waals surface area contributed by atoms with Gasteiger partial charge in [-0.2, -0.15) is 0 Å². The minimum atomic E-state index is 0.100. The summed E-state index contributed by atoms with van der Waals surface area (Å²) in [6.45, 7) is 3.52. The van der Waals surface area contributed by atoms with Crippen molar-refractivity contribution in [1.29, 1.82) is 0 Å². The summed E-state index contributed by atoms with van der Waals surface area (Å²) >= 11 is 0. The van der Waals surface area contributed by atoms with Crippen molar-refractivity contribution in [2.75, 3.05) is 6.54 Å². The fraction of sp³-hybridized carbons (Fsp3) is 0.350. The standard InChI is InChI=1S/C20H24N2O2/c1-15-13-16(11-12-21-15)20(23)22-14-17-7-5-6-10-19(17)24-18-8-3-2-4-9-18/h2-10,15-16,21H,11-14H2,1H3,(H,22,23)/t15-,16-/m0/s1. The predicted molar refractivity (Wildman–Crippen MR) is 95.0 cm³/mol. The number of hydrogen-bond acceptors (Lipinski definition) is 3. The molecule has 126 valence electrons. The van der Waals surface area contributed by atoms with Crippen LogP contribution >= 0.6 is 0 Å². The lowest BCUT2D eigenvalue weighted by atomic mass is 9.92. The second kappa shape index (κ2) is 7.97. The van der Waals surface area contributed by atoms with E-state index in [0.29, 0.717) is 12.6 Å². The van der Waals surface area contributed by atoms with Gasteiger partial charge in [-0.15, -0.1) is 0 Å². The molecule has 1 aliphatic rings. The molecule has 4 nitrogen and oxygen atoms in total. The zero-order valence-corrected chi connectivity index (χ0v) is 14.0. The smallest absolute Gasteiger partial charge is 0.223 e. The Kier molecular flexibility index (Phi) is 5.49. The first-order chi connectivity index (χ1) is 11.7. The van der Waals surface area contributed by atoms with E-state index >= 15 is 0 Å². The lowest BCUT2D eigenvalue weighted by molar-refractivity contribution is -0.126. The summed E-state index contributed by atoms with van der Waals surface area (Å²) in [5.74, 6) is 1.81. The molecule has 2 aromatic rings. The lowest BCUT2D eigenvalue weighted by Crippen LogP contribution is -2.42. The summed E-state index contributed by atoms with van der Waals surface area (Å²) in [7, 11) is 0. The first-order valence-corrected chi connectivity index (χ1v) is 8.54. The molecule has 0 radical (unpaired) electrons. The van der Waals surface area contributed by atoms with Crippen molar-refractivity contribution < 1.29 is 9.53 Å². The van der Waals surface area contributed by atoms with Crippen LogP contribution in [0.25, 0.3) is 0 Å². The maximum absolute atomic E-state index is 12.4. The van der Waals surface area contributed by atoms with Gasteiger partial charge in [0.2, 0.25) is 5.91 Å². The van der Waals surface area contributed by atoms with E-state index in [-0.39, 0.29) is 11.8 Å². The number of carbonyl (C=O) groups is 1. The number of hydrogen-bond donors (Lipinski definition) is 2. The Morgan fingerprint density at radius 3 is 2.71 bits per heavy atom. The second-order valence-corrected chi connectivity index (χ2v) is 6.32. The van der Waals surface area contributed by atoms with Crippen molar-refractivity contribution in [2.45, 2.75) is 32.4 Å². The maximum atomic E-state index is 12.4. The molecule has 1 fully saturated rings. The number of ether oxygens (including phenoxy) is 1. The first-order valence-electron chi connectivity index (χ1n) is 8.54. The van der Waals surface area contributed by atoms with Gasteiger partial charge in [0.1, 0.15) is 11.5 Å². The summed E-state index contributed by atoms with van der Waals surface area (Å²) in [5, 5.41) is 6.45. The van der Waals surface area contributed by atoms with Gasteiger partial charge in [-0.1, -0.05) is 36.4 Å². The van der Waals surface area contributed by atoms with E-state index in [0.717, 1.165) is 36.4 Å². The molecule has 4 heteroatoms. The van der Waals surface area contributed by atoms with Crippen LogP contribution < -0.4 is 15.4 Å². The highest BCUT2D eigenvalue weighted by Crippen LogP contribution is 2.25. The third-order valence-electron chi connectivity index (χ3n) is 4.39. The molecule has 0 aromatic heterocycles. The average molecular weight is 324 g/mol. The van der Waals surface area contributed by atoms with E-state index < -0.39 is 0 Å². The molecule has 1 aliphatic heterocycles. The number of rotatable bonds is 5. The van der Waals surface area contributed by atoms with Crippen LogP contribution in [0.15, 0.2) is 54.6 Å². The lowest BCUT2D eigenvalue weighted by Gasteiger charge is -2.27. The van der Waals surface area contributed by atoms with Crippen LogP contribution in [0.4, 0.5) is 0 Å². The van der Waals surface area contributed by atoms with Gasteiger partial charge in [-0.25, -0.2) is 0 Å². The summed E-state index contributed by atoms with van der Waals surface area (Å²) < 4.78 is 5.94. The fourth-order valence-electron chi connectivity index (χ4n) is 3.06. The van der Waals surface area contributed by atoms with Crippen LogP contribution in [0, 0.1) is 5.92 Å². The molecule has 1 amide bonds. The normalized spacial score (nSPS) is 20.4. The monoisotopic (exact) mass is 324 g/mol. The van der Waals surface area contributed by atoms with Gasteiger partial charge in [0.05, 0.1) is 0 Å². The van der Waals surface area contributed by atoms with Crippen molar-refractivity contribution >= 4 is 5.91 Å². The Bertz CT molecular complexity index is 672. The van der Waals surface area contributed by atoms with Crippen molar-refractivity contribution in [3.8, 4) is 11.5 Å². The largest absolute Gasteiger partial charge is 0.457 e. The van der Waals surface area contributed by atoms with Gasteiger partial charge in [-0.3, -0.25) is 4.79 Å². The van der Waals surface area contributed by atoms with E-state index in [4.69, 9.17) is 4.74 Å². The predicted octanol–water partition coefficient (Wildman–Crippen LogP) is 3.48. The molecule has 2 N–H and O–H groups in total. The highest BCUT2D eigenvalue weighted by Gasteiger charge is 2.24. The summed E-state index contributed by atoms with van der Waals surface area (Å²) in [6.07, 6.45) is 1.80. The Balaban J connectivity index is 1.62. The van der Waals surface area contributed by atoms with E-state index in [1.54, 1.807) is 0 Å². The number of nitrogens with one attached hydrogen (secondary N) is 2. The molecule has 1 saturated heterocycles. The summed E-state index contributed by atoms with van der Waals surface area (Å²) in [5.41, 5.74) is 0.983. The van der Waals surface area contributed by atoms with E-state index in [9.17, 15) is 4.79 Å². The van der Waals surface area contributed by atoms with Crippen LogP contribution in [-0.4, -0.2) is 18.5 Å². The minimum Gasteiger partial charge on any atom is -0.457 e. The number of carbonyl (C=O) groups excluding carboxylic acids is 1. The van der Waals surface area contributed by atoms with Gasteiger partial charge < -0.3 is 15.4 Å². The third-order valence-corrected chi connectivity index (χ3v) is 4.39.